The topological polar surface area (TPSA) is 62.5 Å². The molecule has 1 aliphatic carbocycles. The maximum Gasteiger partial charge on any atom is 0.244 e. The van der Waals surface area contributed by atoms with E-state index in [1.54, 1.807) is 16.6 Å². The van der Waals surface area contributed by atoms with E-state index in [9.17, 15) is 13.5 Å². The van der Waals surface area contributed by atoms with Crippen LogP contribution in [-0.2, 0) is 16.6 Å². The summed E-state index contributed by atoms with van der Waals surface area (Å²) in [5.74, 6) is 0.324. The third-order valence-electron chi connectivity index (χ3n) is 4.63. The lowest BCUT2D eigenvalue weighted by molar-refractivity contribution is 0.270. The summed E-state index contributed by atoms with van der Waals surface area (Å²) in [7, 11) is -3.45. The van der Waals surface area contributed by atoms with Gasteiger partial charge in [-0.15, -0.1) is 0 Å². The molecule has 1 unspecified atom stereocenters. The largest absolute Gasteiger partial charge is 0.390 e. The molecule has 21 heavy (non-hydrogen) atoms. The number of hydrogen-bond acceptors (Lipinski definition) is 3. The highest BCUT2D eigenvalue weighted by atomic mass is 32.2. The lowest BCUT2D eigenvalue weighted by Crippen LogP contribution is -2.38. The van der Waals surface area contributed by atoms with E-state index >= 15 is 0 Å². The van der Waals surface area contributed by atoms with E-state index in [4.69, 9.17) is 0 Å². The van der Waals surface area contributed by atoms with Crippen LogP contribution in [0.1, 0.15) is 51.3 Å². The Hall–Kier alpha value is -0.850. The van der Waals surface area contributed by atoms with E-state index < -0.39 is 10.0 Å². The first kappa shape index (κ1) is 15.1. The number of nitrogens with zero attached hydrogens (tertiary/aromatic N) is 2. The predicted octanol–water partition coefficient (Wildman–Crippen LogP) is 2.12. The van der Waals surface area contributed by atoms with Gasteiger partial charge in [0, 0.05) is 30.5 Å². The van der Waals surface area contributed by atoms with Crippen LogP contribution >= 0.6 is 0 Å². The molecule has 2 heterocycles. The number of aromatic nitrogens is 1. The summed E-state index contributed by atoms with van der Waals surface area (Å²) in [5, 5.41) is 9.45. The van der Waals surface area contributed by atoms with Crippen LogP contribution in [0.15, 0.2) is 17.2 Å². The highest BCUT2D eigenvalue weighted by Crippen LogP contribution is 2.38. The van der Waals surface area contributed by atoms with Gasteiger partial charge >= 0.3 is 0 Å². The standard InChI is InChI=1S/C15H24N2O3S/c1-11(2)15-4-3-7-17(15)21(19,20)14-8-13(10-18)16(9-14)12-5-6-12/h8-9,11-12,15,18H,3-7,10H2,1-2H3. The monoisotopic (exact) mass is 312 g/mol. The van der Waals surface area contributed by atoms with Gasteiger partial charge in [0.15, 0.2) is 0 Å². The van der Waals surface area contributed by atoms with Crippen molar-refractivity contribution in [3.8, 4) is 0 Å². The molecule has 1 atom stereocenters. The predicted molar refractivity (Wildman–Crippen MR) is 80.4 cm³/mol. The summed E-state index contributed by atoms with van der Waals surface area (Å²) in [5.41, 5.74) is 0.705. The minimum absolute atomic E-state index is 0.0943. The second-order valence-electron chi connectivity index (χ2n) is 6.53. The quantitative estimate of drug-likeness (QED) is 0.906. The van der Waals surface area contributed by atoms with Gasteiger partial charge in [0.25, 0.3) is 0 Å². The van der Waals surface area contributed by atoms with Gasteiger partial charge in [0.05, 0.1) is 6.61 Å². The summed E-state index contributed by atoms with van der Waals surface area (Å²) in [6.45, 7) is 4.65. The van der Waals surface area contributed by atoms with Gasteiger partial charge in [-0.3, -0.25) is 0 Å². The van der Waals surface area contributed by atoms with Crippen LogP contribution in [0.4, 0.5) is 0 Å². The summed E-state index contributed by atoms with van der Waals surface area (Å²) in [6, 6.07) is 2.11. The van der Waals surface area contributed by atoms with E-state index in [2.05, 4.69) is 13.8 Å². The van der Waals surface area contributed by atoms with Gasteiger partial charge in [0.1, 0.15) is 4.90 Å². The Labute approximate surface area is 126 Å². The van der Waals surface area contributed by atoms with Gasteiger partial charge in [-0.2, -0.15) is 4.31 Å². The molecule has 0 spiro atoms. The molecule has 1 saturated carbocycles. The van der Waals surface area contributed by atoms with E-state index in [0.29, 0.717) is 29.1 Å². The lowest BCUT2D eigenvalue weighted by Gasteiger charge is -2.26. The Bertz CT molecular complexity index is 617. The van der Waals surface area contributed by atoms with Crippen molar-refractivity contribution in [2.45, 2.75) is 63.1 Å². The molecule has 5 nitrogen and oxygen atoms in total. The zero-order valence-corrected chi connectivity index (χ0v) is 13.5. The summed E-state index contributed by atoms with van der Waals surface area (Å²) in [4.78, 5) is 0.339. The van der Waals surface area contributed by atoms with Crippen molar-refractivity contribution in [2.75, 3.05) is 6.54 Å². The molecule has 118 valence electrons. The third-order valence-corrected chi connectivity index (χ3v) is 6.52. The first-order valence-electron chi connectivity index (χ1n) is 7.78. The fourth-order valence-corrected chi connectivity index (χ4v) is 5.20. The molecule has 1 aliphatic heterocycles. The zero-order chi connectivity index (χ0) is 15.2. The summed E-state index contributed by atoms with van der Waals surface area (Å²) in [6.07, 6.45) is 5.72. The smallest absolute Gasteiger partial charge is 0.244 e. The lowest BCUT2D eigenvalue weighted by atomic mass is 10.0. The van der Waals surface area contributed by atoms with Crippen LogP contribution in [-0.4, -0.2) is 35.0 Å². The fourth-order valence-electron chi connectivity index (χ4n) is 3.32. The van der Waals surface area contributed by atoms with Crippen molar-refractivity contribution in [3.63, 3.8) is 0 Å². The molecule has 1 aromatic rings. The van der Waals surface area contributed by atoms with Crippen LogP contribution in [0.3, 0.4) is 0 Å². The molecule has 0 radical (unpaired) electrons. The highest BCUT2D eigenvalue weighted by Gasteiger charge is 2.38. The van der Waals surface area contributed by atoms with E-state index in [0.717, 1.165) is 25.7 Å². The Morgan fingerprint density at radius 2 is 2.05 bits per heavy atom. The molecule has 2 fully saturated rings. The zero-order valence-electron chi connectivity index (χ0n) is 12.7. The number of hydrogen-bond donors (Lipinski definition) is 1. The molecule has 3 rings (SSSR count). The Morgan fingerprint density at radius 3 is 2.62 bits per heavy atom. The highest BCUT2D eigenvalue weighted by molar-refractivity contribution is 7.89. The minimum Gasteiger partial charge on any atom is -0.390 e. The van der Waals surface area contributed by atoms with Crippen LogP contribution in [0.2, 0.25) is 0 Å². The number of aliphatic hydroxyl groups excluding tert-OH is 1. The second-order valence-corrected chi connectivity index (χ2v) is 8.42. The van der Waals surface area contributed by atoms with Gasteiger partial charge in [-0.05, 0) is 37.7 Å². The number of rotatable bonds is 5. The molecule has 1 N–H and O–H groups in total. The maximum atomic E-state index is 12.9. The van der Waals surface area contributed by atoms with Crippen LogP contribution in [0.5, 0.6) is 0 Å². The average molecular weight is 312 g/mol. The molecule has 0 aromatic carbocycles. The Kier molecular flexibility index (Phi) is 3.88. The van der Waals surface area contributed by atoms with Gasteiger partial charge in [-0.1, -0.05) is 13.8 Å². The minimum atomic E-state index is -3.45. The third kappa shape index (κ3) is 2.64. The molecule has 0 amide bonds. The maximum absolute atomic E-state index is 12.9. The van der Waals surface area contributed by atoms with Crippen molar-refractivity contribution < 1.29 is 13.5 Å². The SMILES string of the molecule is CC(C)C1CCCN1S(=O)(=O)c1cc(CO)n(C2CC2)c1. The first-order chi connectivity index (χ1) is 9.95. The van der Waals surface area contributed by atoms with Crippen molar-refractivity contribution >= 4 is 10.0 Å². The summed E-state index contributed by atoms with van der Waals surface area (Å²) >= 11 is 0. The van der Waals surface area contributed by atoms with E-state index in [1.165, 1.54) is 0 Å². The number of aliphatic hydroxyl groups is 1. The second kappa shape index (κ2) is 5.41. The van der Waals surface area contributed by atoms with Crippen LogP contribution < -0.4 is 0 Å². The van der Waals surface area contributed by atoms with Crippen LogP contribution in [0.25, 0.3) is 0 Å². The van der Waals surface area contributed by atoms with Gasteiger partial charge in [-0.25, -0.2) is 8.42 Å². The first-order valence-corrected chi connectivity index (χ1v) is 9.22. The van der Waals surface area contributed by atoms with Crippen LogP contribution in [0, 0.1) is 5.92 Å². The van der Waals surface area contributed by atoms with E-state index in [-0.39, 0.29) is 12.6 Å². The molecular formula is C15H24N2O3S. The average Bonchev–Trinajstić information content (AvgIpc) is 3.01. The van der Waals surface area contributed by atoms with Crippen molar-refractivity contribution in [1.82, 2.24) is 8.87 Å². The molecule has 0 bridgehead atoms. The molecule has 1 saturated heterocycles. The fraction of sp³-hybridized carbons (Fsp3) is 0.733. The Morgan fingerprint density at radius 1 is 1.33 bits per heavy atom. The van der Waals surface area contributed by atoms with E-state index in [1.807, 2.05) is 4.57 Å². The summed E-state index contributed by atoms with van der Waals surface area (Å²) < 4.78 is 29.4. The van der Waals surface area contributed by atoms with Crippen molar-refractivity contribution in [3.05, 3.63) is 18.0 Å². The molecule has 2 aliphatic rings. The van der Waals surface area contributed by atoms with Crippen molar-refractivity contribution in [1.29, 1.82) is 0 Å². The molecule has 1 aromatic heterocycles. The Balaban J connectivity index is 1.94. The van der Waals surface area contributed by atoms with Crippen molar-refractivity contribution in [2.24, 2.45) is 5.92 Å². The molecule has 6 heteroatoms. The number of sulfonamides is 1. The van der Waals surface area contributed by atoms with Gasteiger partial charge < -0.3 is 9.67 Å². The normalized spacial score (nSPS) is 24.1. The van der Waals surface area contributed by atoms with Gasteiger partial charge in [0.2, 0.25) is 10.0 Å². The molecular weight excluding hydrogens is 288 g/mol.